The minimum absolute atomic E-state index is 0.179. The maximum Gasteiger partial charge on any atom is 0.224 e. The van der Waals surface area contributed by atoms with Crippen LogP contribution in [0.3, 0.4) is 0 Å². The van der Waals surface area contributed by atoms with Gasteiger partial charge in [-0.05, 0) is 37.9 Å². The lowest BCUT2D eigenvalue weighted by Gasteiger charge is -2.17. The van der Waals surface area contributed by atoms with Gasteiger partial charge in [0.1, 0.15) is 0 Å². The molecule has 2 N–H and O–H groups in total. The van der Waals surface area contributed by atoms with E-state index in [4.69, 9.17) is 0 Å². The Kier molecular flexibility index (Phi) is 4.40. The average Bonchev–Trinajstić information content (AvgIpc) is 2.94. The fraction of sp³-hybridized carbons (Fsp3) is 0.923. The Hall–Kier alpha value is -0.610. The molecule has 17 heavy (non-hydrogen) atoms. The molecule has 2 rings (SSSR count). The van der Waals surface area contributed by atoms with Crippen LogP contribution < -0.4 is 10.6 Å². The highest BCUT2D eigenvalue weighted by Gasteiger charge is 2.30. The van der Waals surface area contributed by atoms with E-state index in [0.717, 1.165) is 32.7 Å². The van der Waals surface area contributed by atoms with Gasteiger partial charge in [0.15, 0.2) is 0 Å². The molecule has 4 heteroatoms. The van der Waals surface area contributed by atoms with E-state index in [1.54, 1.807) is 0 Å². The minimum atomic E-state index is 0.179. The molecule has 1 amide bonds. The Balaban J connectivity index is 1.70. The van der Waals surface area contributed by atoms with E-state index in [1.807, 2.05) is 0 Å². The lowest BCUT2D eigenvalue weighted by molar-refractivity contribution is -0.125. The summed E-state index contributed by atoms with van der Waals surface area (Å²) in [7, 11) is 0. The molecule has 2 aliphatic heterocycles. The maximum atomic E-state index is 12.0. The third kappa shape index (κ3) is 3.19. The van der Waals surface area contributed by atoms with Crippen LogP contribution in [-0.2, 0) is 4.79 Å². The van der Waals surface area contributed by atoms with Crippen LogP contribution in [0.2, 0.25) is 0 Å². The fourth-order valence-electron chi connectivity index (χ4n) is 2.90. The molecule has 1 unspecified atom stereocenters. The topological polar surface area (TPSA) is 44.4 Å². The van der Waals surface area contributed by atoms with Crippen molar-refractivity contribution in [3.8, 4) is 0 Å². The van der Waals surface area contributed by atoms with Gasteiger partial charge < -0.3 is 15.5 Å². The van der Waals surface area contributed by atoms with Crippen LogP contribution in [-0.4, -0.2) is 50.1 Å². The van der Waals surface area contributed by atoms with Crippen LogP contribution in [0.25, 0.3) is 0 Å². The Bertz CT molecular complexity index is 269. The summed E-state index contributed by atoms with van der Waals surface area (Å²) in [5.41, 5.74) is 0. The number of carbonyl (C=O) groups excluding carboxylic acids is 1. The first kappa shape index (κ1) is 12.8. The predicted octanol–water partition coefficient (Wildman–Crippen LogP) is 0.300. The number of hydrogen-bond acceptors (Lipinski definition) is 3. The van der Waals surface area contributed by atoms with E-state index in [2.05, 4.69) is 29.4 Å². The zero-order chi connectivity index (χ0) is 12.3. The number of nitrogens with one attached hydrogen (secondary N) is 2. The molecule has 2 heterocycles. The Morgan fingerprint density at radius 1 is 1.47 bits per heavy atom. The lowest BCUT2D eigenvalue weighted by atomic mass is 9.97. The van der Waals surface area contributed by atoms with E-state index >= 15 is 0 Å². The van der Waals surface area contributed by atoms with Gasteiger partial charge in [-0.1, -0.05) is 13.8 Å². The summed E-state index contributed by atoms with van der Waals surface area (Å²) in [6.45, 7) is 10.5. The van der Waals surface area contributed by atoms with Crippen molar-refractivity contribution in [3.63, 3.8) is 0 Å². The van der Waals surface area contributed by atoms with Crippen LogP contribution >= 0.6 is 0 Å². The minimum Gasteiger partial charge on any atom is -0.355 e. The number of amides is 1. The molecular formula is C13H25N3O. The van der Waals surface area contributed by atoms with Crippen LogP contribution in [0.4, 0.5) is 0 Å². The second-order valence-electron chi connectivity index (χ2n) is 5.54. The Morgan fingerprint density at radius 2 is 2.29 bits per heavy atom. The molecule has 2 saturated heterocycles. The van der Waals surface area contributed by atoms with E-state index in [0.29, 0.717) is 11.8 Å². The summed E-state index contributed by atoms with van der Waals surface area (Å²) in [6, 6.07) is 0. The highest BCUT2D eigenvalue weighted by molar-refractivity contribution is 5.79. The van der Waals surface area contributed by atoms with Gasteiger partial charge in [-0.25, -0.2) is 0 Å². The molecule has 0 bridgehead atoms. The van der Waals surface area contributed by atoms with Crippen LogP contribution in [0, 0.1) is 17.8 Å². The summed E-state index contributed by atoms with van der Waals surface area (Å²) < 4.78 is 0. The molecule has 0 aromatic carbocycles. The zero-order valence-corrected chi connectivity index (χ0v) is 11.0. The lowest BCUT2D eigenvalue weighted by Crippen LogP contribution is -2.37. The summed E-state index contributed by atoms with van der Waals surface area (Å²) in [6.07, 6.45) is 1.23. The SMILES string of the molecule is CCN1CCC(CNC(=O)[C@@H]2CNC[C@H]2C)C1. The number of hydrogen-bond donors (Lipinski definition) is 2. The van der Waals surface area contributed by atoms with Crippen molar-refractivity contribution in [3.05, 3.63) is 0 Å². The van der Waals surface area contributed by atoms with Crippen LogP contribution in [0.15, 0.2) is 0 Å². The molecular weight excluding hydrogens is 214 g/mol. The molecule has 98 valence electrons. The van der Waals surface area contributed by atoms with Gasteiger partial charge >= 0.3 is 0 Å². The van der Waals surface area contributed by atoms with Crippen molar-refractivity contribution >= 4 is 5.91 Å². The van der Waals surface area contributed by atoms with Gasteiger partial charge in [0, 0.05) is 19.6 Å². The summed E-state index contributed by atoms with van der Waals surface area (Å²) in [5, 5.41) is 6.41. The number of carbonyl (C=O) groups is 1. The highest BCUT2D eigenvalue weighted by Crippen LogP contribution is 2.17. The zero-order valence-electron chi connectivity index (χ0n) is 11.0. The largest absolute Gasteiger partial charge is 0.355 e. The van der Waals surface area contributed by atoms with Crippen molar-refractivity contribution in [2.45, 2.75) is 20.3 Å². The molecule has 0 aromatic heterocycles. The summed E-state index contributed by atoms with van der Waals surface area (Å²) in [4.78, 5) is 14.5. The first-order valence-electron chi connectivity index (χ1n) is 6.91. The molecule has 0 aromatic rings. The van der Waals surface area contributed by atoms with Crippen LogP contribution in [0.5, 0.6) is 0 Å². The van der Waals surface area contributed by atoms with Gasteiger partial charge in [-0.3, -0.25) is 4.79 Å². The molecule has 4 nitrogen and oxygen atoms in total. The fourth-order valence-corrected chi connectivity index (χ4v) is 2.90. The first-order chi connectivity index (χ1) is 8.20. The Morgan fingerprint density at radius 3 is 2.88 bits per heavy atom. The Labute approximate surface area is 104 Å². The van der Waals surface area contributed by atoms with Crippen LogP contribution in [0.1, 0.15) is 20.3 Å². The van der Waals surface area contributed by atoms with E-state index in [9.17, 15) is 4.79 Å². The van der Waals surface area contributed by atoms with Gasteiger partial charge in [-0.15, -0.1) is 0 Å². The molecule has 0 spiro atoms. The predicted molar refractivity (Wildman–Crippen MR) is 68.8 cm³/mol. The van der Waals surface area contributed by atoms with Crippen molar-refractivity contribution < 1.29 is 4.79 Å². The summed E-state index contributed by atoms with van der Waals surface area (Å²) in [5.74, 6) is 1.56. The molecule has 0 saturated carbocycles. The van der Waals surface area contributed by atoms with E-state index in [-0.39, 0.29) is 11.8 Å². The molecule has 2 fully saturated rings. The van der Waals surface area contributed by atoms with Crippen molar-refractivity contribution in [2.24, 2.45) is 17.8 Å². The van der Waals surface area contributed by atoms with Crippen molar-refractivity contribution in [2.75, 3.05) is 39.3 Å². The standard InChI is InChI=1S/C13H25N3O/c1-3-16-5-4-11(9-16)7-15-13(17)12-8-14-6-10(12)2/h10-12,14H,3-9H2,1-2H3,(H,15,17)/t10-,11?,12-/m1/s1. The number of likely N-dealkylation sites (tertiary alicyclic amines) is 1. The second kappa shape index (κ2) is 5.83. The molecule has 3 atom stereocenters. The molecule has 0 radical (unpaired) electrons. The van der Waals surface area contributed by atoms with Gasteiger partial charge in [0.05, 0.1) is 5.92 Å². The third-order valence-corrected chi connectivity index (χ3v) is 4.24. The van der Waals surface area contributed by atoms with Gasteiger partial charge in [-0.2, -0.15) is 0 Å². The average molecular weight is 239 g/mol. The van der Waals surface area contributed by atoms with Crippen molar-refractivity contribution in [1.82, 2.24) is 15.5 Å². The second-order valence-corrected chi connectivity index (χ2v) is 5.54. The summed E-state index contributed by atoms with van der Waals surface area (Å²) >= 11 is 0. The van der Waals surface area contributed by atoms with Crippen molar-refractivity contribution in [1.29, 1.82) is 0 Å². The smallest absolute Gasteiger partial charge is 0.224 e. The molecule has 0 aliphatic carbocycles. The highest BCUT2D eigenvalue weighted by atomic mass is 16.1. The quantitative estimate of drug-likeness (QED) is 0.741. The monoisotopic (exact) mass is 239 g/mol. The first-order valence-corrected chi connectivity index (χ1v) is 6.91. The van der Waals surface area contributed by atoms with Gasteiger partial charge in [0.25, 0.3) is 0 Å². The van der Waals surface area contributed by atoms with E-state index in [1.165, 1.54) is 13.0 Å². The third-order valence-electron chi connectivity index (χ3n) is 4.24. The normalized spacial score (nSPS) is 34.1. The van der Waals surface area contributed by atoms with Gasteiger partial charge in [0.2, 0.25) is 5.91 Å². The number of rotatable bonds is 4. The maximum absolute atomic E-state index is 12.0. The number of nitrogens with zero attached hydrogens (tertiary/aromatic N) is 1. The van der Waals surface area contributed by atoms with E-state index < -0.39 is 0 Å². The molecule has 2 aliphatic rings.